The number of hydrogen-bond donors (Lipinski definition) is 2. The Morgan fingerprint density at radius 3 is 2.38 bits per heavy atom. The van der Waals surface area contributed by atoms with E-state index in [9.17, 15) is 14.7 Å². The molecule has 0 saturated heterocycles. The number of nitrogens with zero attached hydrogens (tertiary/aromatic N) is 1. The van der Waals surface area contributed by atoms with Crippen LogP contribution in [-0.2, 0) is 11.3 Å². The van der Waals surface area contributed by atoms with Crippen LogP contribution in [0.15, 0.2) is 17.5 Å². The van der Waals surface area contributed by atoms with Crippen LogP contribution in [0.25, 0.3) is 0 Å². The van der Waals surface area contributed by atoms with E-state index in [1.165, 1.54) is 0 Å². The normalized spacial score (nSPS) is 13.0. The summed E-state index contributed by atoms with van der Waals surface area (Å²) in [6, 6.07) is 2.62. The average Bonchev–Trinajstić information content (AvgIpc) is 2.83. The number of nitrogens with one attached hydrogen (secondary N) is 1. The van der Waals surface area contributed by atoms with Crippen molar-refractivity contribution in [1.29, 1.82) is 0 Å². The lowest BCUT2D eigenvalue weighted by molar-refractivity contribution is -0.142. The Morgan fingerprint density at radius 1 is 1.38 bits per heavy atom. The van der Waals surface area contributed by atoms with E-state index >= 15 is 0 Å². The highest BCUT2D eigenvalue weighted by atomic mass is 32.1. The molecule has 5 nitrogen and oxygen atoms in total. The average molecular weight is 312 g/mol. The monoisotopic (exact) mass is 312 g/mol. The summed E-state index contributed by atoms with van der Waals surface area (Å²) in [7, 11) is 0. The standard InChI is InChI=1S/C15H24N2O3S/c1-10(2)17(9-11-7-6-8-21-11)14(20)16-12(13(18)19)15(3,4)5/h6-8,10,12H,9H2,1-5H3,(H,16,20)(H,18,19)/t12-/m1/s1. The summed E-state index contributed by atoms with van der Waals surface area (Å²) in [6.45, 7) is 9.71. The minimum Gasteiger partial charge on any atom is -0.480 e. The lowest BCUT2D eigenvalue weighted by Gasteiger charge is -2.32. The number of carbonyl (C=O) groups is 2. The van der Waals surface area contributed by atoms with Crippen LogP contribution in [-0.4, -0.2) is 34.1 Å². The number of rotatable bonds is 5. The van der Waals surface area contributed by atoms with Crippen molar-refractivity contribution in [2.24, 2.45) is 5.41 Å². The molecule has 21 heavy (non-hydrogen) atoms. The molecule has 0 bridgehead atoms. The van der Waals surface area contributed by atoms with E-state index in [1.54, 1.807) is 37.0 Å². The number of aliphatic carboxylic acids is 1. The van der Waals surface area contributed by atoms with Gasteiger partial charge >= 0.3 is 12.0 Å². The van der Waals surface area contributed by atoms with Gasteiger partial charge in [-0.05, 0) is 30.7 Å². The van der Waals surface area contributed by atoms with Crippen molar-refractivity contribution in [2.45, 2.75) is 53.2 Å². The first kappa shape index (κ1) is 17.5. The molecule has 6 heteroatoms. The van der Waals surface area contributed by atoms with E-state index in [2.05, 4.69) is 5.32 Å². The predicted molar refractivity (Wildman–Crippen MR) is 84.4 cm³/mol. The van der Waals surface area contributed by atoms with Gasteiger partial charge in [0.05, 0.1) is 6.54 Å². The highest BCUT2D eigenvalue weighted by Crippen LogP contribution is 2.20. The first-order valence-electron chi connectivity index (χ1n) is 6.95. The highest BCUT2D eigenvalue weighted by molar-refractivity contribution is 7.09. The smallest absolute Gasteiger partial charge is 0.326 e. The zero-order valence-corrected chi connectivity index (χ0v) is 14.0. The number of thiophene rings is 1. The Labute approximate surface area is 130 Å². The van der Waals surface area contributed by atoms with E-state index in [0.717, 1.165) is 4.88 Å². The third-order valence-electron chi connectivity index (χ3n) is 3.17. The van der Waals surface area contributed by atoms with Crippen LogP contribution in [0.2, 0.25) is 0 Å². The quantitative estimate of drug-likeness (QED) is 0.877. The molecule has 0 spiro atoms. The van der Waals surface area contributed by atoms with Gasteiger partial charge < -0.3 is 15.3 Å². The molecule has 1 heterocycles. The van der Waals surface area contributed by atoms with Crippen LogP contribution >= 0.6 is 11.3 Å². The molecule has 118 valence electrons. The SMILES string of the molecule is CC(C)N(Cc1cccs1)C(=O)N[C@H](C(=O)O)C(C)(C)C. The summed E-state index contributed by atoms with van der Waals surface area (Å²) in [4.78, 5) is 26.5. The Morgan fingerprint density at radius 2 is 2.00 bits per heavy atom. The van der Waals surface area contributed by atoms with Gasteiger partial charge in [-0.3, -0.25) is 0 Å². The van der Waals surface area contributed by atoms with Gasteiger partial charge in [0.15, 0.2) is 0 Å². The fourth-order valence-corrected chi connectivity index (χ4v) is 2.62. The van der Waals surface area contributed by atoms with Crippen molar-refractivity contribution < 1.29 is 14.7 Å². The molecular weight excluding hydrogens is 288 g/mol. The fourth-order valence-electron chi connectivity index (χ4n) is 1.91. The fraction of sp³-hybridized carbons (Fsp3) is 0.600. The van der Waals surface area contributed by atoms with E-state index in [1.807, 2.05) is 31.4 Å². The molecule has 0 fully saturated rings. The maximum atomic E-state index is 12.4. The lowest BCUT2D eigenvalue weighted by atomic mass is 9.87. The number of urea groups is 1. The van der Waals surface area contributed by atoms with Gasteiger partial charge in [-0.25, -0.2) is 9.59 Å². The Balaban J connectivity index is 2.83. The van der Waals surface area contributed by atoms with Crippen molar-refractivity contribution in [3.63, 3.8) is 0 Å². The Hall–Kier alpha value is -1.56. The van der Waals surface area contributed by atoms with Gasteiger partial charge in [-0.1, -0.05) is 26.8 Å². The van der Waals surface area contributed by atoms with Crippen LogP contribution in [0, 0.1) is 5.41 Å². The molecule has 0 unspecified atom stereocenters. The summed E-state index contributed by atoms with van der Waals surface area (Å²) in [5, 5.41) is 13.9. The van der Waals surface area contributed by atoms with Crippen LogP contribution in [0.4, 0.5) is 4.79 Å². The minimum atomic E-state index is -1.02. The maximum Gasteiger partial charge on any atom is 0.326 e. The molecule has 1 atom stereocenters. The third-order valence-corrected chi connectivity index (χ3v) is 4.03. The van der Waals surface area contributed by atoms with Crippen LogP contribution in [0.5, 0.6) is 0 Å². The molecular formula is C15H24N2O3S. The summed E-state index contributed by atoms with van der Waals surface area (Å²) >= 11 is 1.58. The van der Waals surface area contributed by atoms with Crippen LogP contribution in [0.1, 0.15) is 39.5 Å². The predicted octanol–water partition coefficient (Wildman–Crippen LogP) is 3.17. The van der Waals surface area contributed by atoms with Gasteiger partial charge in [0.1, 0.15) is 6.04 Å². The molecule has 0 saturated carbocycles. The summed E-state index contributed by atoms with van der Waals surface area (Å²) in [5.41, 5.74) is -0.549. The molecule has 0 aliphatic rings. The summed E-state index contributed by atoms with van der Waals surface area (Å²) in [5.74, 6) is -1.02. The van der Waals surface area contributed by atoms with Gasteiger partial charge in [0, 0.05) is 10.9 Å². The Bertz CT molecular complexity index is 478. The zero-order chi connectivity index (χ0) is 16.2. The van der Waals surface area contributed by atoms with E-state index in [-0.39, 0.29) is 12.1 Å². The van der Waals surface area contributed by atoms with Crippen molar-refractivity contribution >= 4 is 23.3 Å². The van der Waals surface area contributed by atoms with E-state index in [4.69, 9.17) is 0 Å². The molecule has 2 amide bonds. The molecule has 1 aromatic rings. The van der Waals surface area contributed by atoms with Gasteiger partial charge in [-0.15, -0.1) is 11.3 Å². The second kappa shape index (κ2) is 6.93. The molecule has 0 aliphatic heterocycles. The number of hydrogen-bond acceptors (Lipinski definition) is 3. The first-order valence-corrected chi connectivity index (χ1v) is 7.83. The number of carboxylic acids is 1. The maximum absolute atomic E-state index is 12.4. The van der Waals surface area contributed by atoms with Crippen molar-refractivity contribution in [1.82, 2.24) is 10.2 Å². The number of carbonyl (C=O) groups excluding carboxylic acids is 1. The number of carboxylic acid groups (broad SMARTS) is 1. The highest BCUT2D eigenvalue weighted by Gasteiger charge is 2.34. The molecule has 2 N–H and O–H groups in total. The Kier molecular flexibility index (Phi) is 5.78. The topological polar surface area (TPSA) is 69.6 Å². The summed E-state index contributed by atoms with van der Waals surface area (Å²) in [6.07, 6.45) is 0. The first-order chi connectivity index (χ1) is 9.62. The van der Waals surface area contributed by atoms with Gasteiger partial charge in [0.2, 0.25) is 0 Å². The summed E-state index contributed by atoms with van der Waals surface area (Å²) < 4.78 is 0. The number of amides is 2. The van der Waals surface area contributed by atoms with Crippen molar-refractivity contribution in [2.75, 3.05) is 0 Å². The third kappa shape index (κ3) is 5.04. The largest absolute Gasteiger partial charge is 0.480 e. The van der Waals surface area contributed by atoms with E-state index in [0.29, 0.717) is 6.54 Å². The molecule has 1 aromatic heterocycles. The second-order valence-corrected chi connectivity index (χ2v) is 7.42. The zero-order valence-electron chi connectivity index (χ0n) is 13.2. The van der Waals surface area contributed by atoms with Crippen molar-refractivity contribution in [3.8, 4) is 0 Å². The van der Waals surface area contributed by atoms with Gasteiger partial charge in [0.25, 0.3) is 0 Å². The molecule has 0 aliphatic carbocycles. The molecule has 0 radical (unpaired) electrons. The van der Waals surface area contributed by atoms with Gasteiger partial charge in [-0.2, -0.15) is 0 Å². The lowest BCUT2D eigenvalue weighted by Crippen LogP contribution is -2.54. The molecule has 1 rings (SSSR count). The van der Waals surface area contributed by atoms with Crippen LogP contribution < -0.4 is 5.32 Å². The minimum absolute atomic E-state index is 0.0125. The van der Waals surface area contributed by atoms with Crippen molar-refractivity contribution in [3.05, 3.63) is 22.4 Å². The second-order valence-electron chi connectivity index (χ2n) is 6.39. The van der Waals surface area contributed by atoms with Crippen LogP contribution in [0.3, 0.4) is 0 Å². The molecule has 0 aromatic carbocycles. The van der Waals surface area contributed by atoms with E-state index < -0.39 is 17.4 Å².